The van der Waals surface area contributed by atoms with E-state index in [1.807, 2.05) is 85.8 Å². The number of allylic oxidation sites excluding steroid dienone is 1. The quantitative estimate of drug-likeness (QED) is 0.420. The maximum Gasteiger partial charge on any atom is 0.224 e. The zero-order valence-electron chi connectivity index (χ0n) is 16.2. The van der Waals surface area contributed by atoms with Gasteiger partial charge in [-0.2, -0.15) is 0 Å². The van der Waals surface area contributed by atoms with E-state index in [-0.39, 0.29) is 5.88 Å². The molecule has 0 radical (unpaired) electrons. The molecule has 0 amide bonds. The van der Waals surface area contributed by atoms with Crippen LogP contribution in [0.3, 0.4) is 0 Å². The van der Waals surface area contributed by atoms with E-state index in [2.05, 4.69) is 4.99 Å². The highest BCUT2D eigenvalue weighted by Gasteiger charge is 2.21. The average Bonchev–Trinajstić information content (AvgIpc) is 3.31. The third kappa shape index (κ3) is 3.11. The van der Waals surface area contributed by atoms with Gasteiger partial charge in [0, 0.05) is 27.9 Å². The minimum Gasteiger partial charge on any atom is -0.493 e. The largest absolute Gasteiger partial charge is 0.493 e. The van der Waals surface area contributed by atoms with Crippen LogP contribution in [0.1, 0.15) is 16.8 Å². The minimum absolute atomic E-state index is 0.0829. The van der Waals surface area contributed by atoms with Crippen molar-refractivity contribution in [3.05, 3.63) is 94.6 Å². The number of imidazole rings is 1. The van der Waals surface area contributed by atoms with Crippen LogP contribution in [0.25, 0.3) is 28.7 Å². The van der Waals surface area contributed by atoms with Gasteiger partial charge in [0.25, 0.3) is 0 Å². The number of hydrogen-bond donors (Lipinski definition) is 1. The summed E-state index contributed by atoms with van der Waals surface area (Å²) in [6, 6.07) is 23.3. The van der Waals surface area contributed by atoms with Crippen LogP contribution in [0, 0.1) is 6.92 Å². The van der Waals surface area contributed by atoms with Crippen molar-refractivity contribution in [3.8, 4) is 23.0 Å². The van der Waals surface area contributed by atoms with Crippen molar-refractivity contribution in [2.75, 3.05) is 0 Å². The van der Waals surface area contributed by atoms with Crippen molar-refractivity contribution < 1.29 is 5.11 Å². The van der Waals surface area contributed by atoms with E-state index in [4.69, 9.17) is 16.6 Å². The average molecular weight is 412 g/mol. The van der Waals surface area contributed by atoms with Gasteiger partial charge in [-0.25, -0.2) is 4.98 Å². The first-order chi connectivity index (χ1) is 14.6. The maximum absolute atomic E-state index is 11.2. The van der Waals surface area contributed by atoms with Gasteiger partial charge >= 0.3 is 0 Å². The van der Waals surface area contributed by atoms with E-state index >= 15 is 0 Å². The first-order valence-corrected chi connectivity index (χ1v) is 9.98. The lowest BCUT2D eigenvalue weighted by atomic mass is 10.1. The molecule has 4 aromatic rings. The molecule has 0 aliphatic carbocycles. The molecule has 3 aromatic carbocycles. The highest BCUT2D eigenvalue weighted by atomic mass is 35.5. The number of aromatic hydroxyl groups is 1. The number of aryl methyl sites for hydroxylation is 1. The van der Waals surface area contributed by atoms with E-state index < -0.39 is 0 Å². The van der Waals surface area contributed by atoms with Gasteiger partial charge in [0.05, 0.1) is 11.4 Å². The van der Waals surface area contributed by atoms with Crippen LogP contribution in [-0.2, 0) is 0 Å². The monoisotopic (exact) mass is 411 g/mol. The summed E-state index contributed by atoms with van der Waals surface area (Å²) in [7, 11) is 0. The zero-order valence-corrected chi connectivity index (χ0v) is 17.0. The van der Waals surface area contributed by atoms with Crippen LogP contribution in [0.4, 0.5) is 5.69 Å². The summed E-state index contributed by atoms with van der Waals surface area (Å²) in [6.45, 7) is 2.01. The van der Waals surface area contributed by atoms with Gasteiger partial charge in [-0.05, 0) is 55.0 Å². The molecule has 5 rings (SSSR count). The number of para-hydroxylation sites is 2. The Kier molecular flexibility index (Phi) is 4.49. The van der Waals surface area contributed by atoms with Crippen molar-refractivity contribution in [2.24, 2.45) is 4.99 Å². The maximum atomic E-state index is 11.2. The lowest BCUT2D eigenvalue weighted by Crippen LogP contribution is -1.99. The topological polar surface area (TPSA) is 50.4 Å². The Morgan fingerprint density at radius 1 is 0.933 bits per heavy atom. The second-order valence-electron chi connectivity index (χ2n) is 7.15. The number of fused-ring (bicyclic) bond motifs is 1. The van der Waals surface area contributed by atoms with E-state index in [9.17, 15) is 5.11 Å². The molecule has 30 heavy (non-hydrogen) atoms. The first kappa shape index (κ1) is 18.4. The van der Waals surface area contributed by atoms with Crippen LogP contribution >= 0.6 is 11.6 Å². The highest BCUT2D eigenvalue weighted by Crippen LogP contribution is 2.37. The summed E-state index contributed by atoms with van der Waals surface area (Å²) in [4.78, 5) is 9.25. The zero-order chi connectivity index (χ0) is 20.7. The van der Waals surface area contributed by atoms with E-state index in [0.29, 0.717) is 16.5 Å². The number of rotatable bonds is 3. The van der Waals surface area contributed by atoms with Crippen LogP contribution in [0.2, 0.25) is 5.02 Å². The Labute approximate surface area is 179 Å². The van der Waals surface area contributed by atoms with Crippen molar-refractivity contribution in [2.45, 2.75) is 6.92 Å². The Morgan fingerprint density at radius 3 is 2.47 bits per heavy atom. The molecule has 0 fully saturated rings. The Bertz CT molecular complexity index is 1320. The Balaban J connectivity index is 1.72. The number of halogens is 1. The molecule has 1 aliphatic heterocycles. The van der Waals surface area contributed by atoms with Gasteiger partial charge in [0.15, 0.2) is 0 Å². The van der Waals surface area contributed by atoms with Crippen molar-refractivity contribution in [1.82, 2.24) is 9.55 Å². The molecule has 0 unspecified atom stereocenters. The fourth-order valence-corrected chi connectivity index (χ4v) is 3.79. The number of hydrogen-bond acceptors (Lipinski definition) is 3. The van der Waals surface area contributed by atoms with E-state index in [1.165, 1.54) is 0 Å². The Hall–Kier alpha value is -3.63. The predicted molar refractivity (Wildman–Crippen MR) is 123 cm³/mol. The van der Waals surface area contributed by atoms with Crippen LogP contribution in [0.5, 0.6) is 5.88 Å². The molecule has 2 heterocycles. The normalized spacial score (nSPS) is 13.7. The fraction of sp³-hybridized carbons (Fsp3) is 0.0400. The third-order valence-corrected chi connectivity index (χ3v) is 5.44. The lowest BCUT2D eigenvalue weighted by Gasteiger charge is -2.12. The summed E-state index contributed by atoms with van der Waals surface area (Å²) in [5, 5.41) is 11.8. The second-order valence-corrected chi connectivity index (χ2v) is 7.58. The van der Waals surface area contributed by atoms with Crippen molar-refractivity contribution in [3.63, 3.8) is 0 Å². The summed E-state index contributed by atoms with van der Waals surface area (Å²) < 4.78 is 1.78. The van der Waals surface area contributed by atoms with Gasteiger partial charge in [-0.15, -0.1) is 0 Å². The molecular weight excluding hydrogens is 394 g/mol. The fourth-order valence-electron chi connectivity index (χ4n) is 3.66. The minimum atomic E-state index is 0.0829. The standard InChI is InChI=1S/C25H18ClN3O/c1-16-6-2-5-9-23(16)29-24(17-10-12-19(26)13-11-17)28-22(25(29)30)14-18-15-27-21-8-4-3-7-20(18)21/h2-15,30H,1H3/b18-14+. The summed E-state index contributed by atoms with van der Waals surface area (Å²) in [5.41, 5.74) is 6.11. The smallest absolute Gasteiger partial charge is 0.224 e. The van der Waals surface area contributed by atoms with Gasteiger partial charge < -0.3 is 5.11 Å². The van der Waals surface area contributed by atoms with Crippen molar-refractivity contribution >= 4 is 35.2 Å². The van der Waals surface area contributed by atoms with Gasteiger partial charge in [-0.3, -0.25) is 9.56 Å². The van der Waals surface area contributed by atoms with Crippen LogP contribution in [-0.4, -0.2) is 20.9 Å². The molecule has 146 valence electrons. The molecule has 4 nitrogen and oxygen atoms in total. The predicted octanol–water partition coefficient (Wildman–Crippen LogP) is 6.46. The SMILES string of the molecule is Cc1ccccc1-n1c(-c2ccc(Cl)cc2)nc(/C=C2\C=Nc3ccccc32)c1O. The van der Waals surface area contributed by atoms with Crippen LogP contribution in [0.15, 0.2) is 77.8 Å². The molecule has 5 heteroatoms. The highest BCUT2D eigenvalue weighted by molar-refractivity contribution is 6.30. The molecule has 1 aliphatic rings. The molecule has 1 aromatic heterocycles. The Morgan fingerprint density at radius 2 is 1.67 bits per heavy atom. The molecular formula is C25H18ClN3O. The van der Waals surface area contributed by atoms with Gasteiger partial charge in [0.1, 0.15) is 11.5 Å². The molecule has 0 saturated heterocycles. The number of aromatic nitrogens is 2. The summed E-state index contributed by atoms with van der Waals surface area (Å²) in [5.74, 6) is 0.730. The number of nitrogens with zero attached hydrogens (tertiary/aromatic N) is 3. The van der Waals surface area contributed by atoms with Crippen molar-refractivity contribution in [1.29, 1.82) is 0 Å². The molecule has 0 atom stereocenters. The summed E-state index contributed by atoms with van der Waals surface area (Å²) >= 11 is 6.08. The number of benzene rings is 3. The molecule has 1 N–H and O–H groups in total. The molecule has 0 saturated carbocycles. The van der Waals surface area contributed by atoms with E-state index in [0.717, 1.165) is 33.6 Å². The first-order valence-electron chi connectivity index (χ1n) is 9.60. The van der Waals surface area contributed by atoms with Gasteiger partial charge in [-0.1, -0.05) is 48.0 Å². The number of aliphatic imine (C=N–C) groups is 1. The summed E-state index contributed by atoms with van der Waals surface area (Å²) in [6.07, 6.45) is 3.68. The van der Waals surface area contributed by atoms with Gasteiger partial charge in [0.2, 0.25) is 5.88 Å². The van der Waals surface area contributed by atoms with E-state index in [1.54, 1.807) is 10.8 Å². The third-order valence-electron chi connectivity index (χ3n) is 5.19. The second kappa shape index (κ2) is 7.32. The van der Waals surface area contributed by atoms with Crippen LogP contribution < -0.4 is 0 Å². The molecule has 0 bridgehead atoms. The lowest BCUT2D eigenvalue weighted by molar-refractivity contribution is 0.442. The molecule has 0 spiro atoms.